The van der Waals surface area contributed by atoms with Gasteiger partial charge in [-0.25, -0.2) is 4.98 Å². The van der Waals surface area contributed by atoms with Crippen molar-refractivity contribution in [1.82, 2.24) is 10.3 Å². The van der Waals surface area contributed by atoms with Gasteiger partial charge in [-0.05, 0) is 0 Å². The van der Waals surface area contributed by atoms with Crippen LogP contribution in [0.3, 0.4) is 0 Å². The van der Waals surface area contributed by atoms with E-state index in [1.165, 1.54) is 0 Å². The van der Waals surface area contributed by atoms with Crippen LogP contribution in [0.5, 0.6) is 0 Å². The van der Waals surface area contributed by atoms with Crippen LogP contribution in [-0.4, -0.2) is 24.5 Å². The van der Waals surface area contributed by atoms with E-state index in [4.69, 9.17) is 4.42 Å². The van der Waals surface area contributed by atoms with Crippen LogP contribution in [0.4, 0.5) is 0 Å². The van der Waals surface area contributed by atoms with Gasteiger partial charge in [-0.3, -0.25) is 4.79 Å². The summed E-state index contributed by atoms with van der Waals surface area (Å²) in [6.45, 7) is 0.930. The summed E-state index contributed by atoms with van der Waals surface area (Å²) in [5.41, 5.74) is 1.00. The molecule has 0 aliphatic carbocycles. The molecule has 2 rings (SSSR count). The molecule has 94 valence electrons. The quantitative estimate of drug-likeness (QED) is 0.789. The molecule has 0 atom stereocenters. The first kappa shape index (κ1) is 12.3. The molecule has 1 heterocycles. The number of nitrogens with two attached hydrogens (primary N) is 1. The topological polar surface area (TPSA) is 71.7 Å². The third-order valence-corrected chi connectivity index (χ3v) is 2.54. The molecule has 0 spiro atoms. The molecule has 3 N–H and O–H groups in total. The molecule has 0 saturated heterocycles. The molecule has 0 bridgehead atoms. The molecule has 5 nitrogen and oxygen atoms in total. The van der Waals surface area contributed by atoms with Gasteiger partial charge in [-0.2, -0.15) is 0 Å². The van der Waals surface area contributed by atoms with Gasteiger partial charge in [0, 0.05) is 12.6 Å². The van der Waals surface area contributed by atoms with Gasteiger partial charge in [0.05, 0.1) is 6.20 Å². The van der Waals surface area contributed by atoms with Crippen molar-refractivity contribution in [2.75, 3.05) is 13.6 Å². The van der Waals surface area contributed by atoms with E-state index in [1.54, 1.807) is 13.2 Å². The van der Waals surface area contributed by atoms with E-state index >= 15 is 0 Å². The lowest BCUT2D eigenvalue weighted by atomic mass is 10.2. The van der Waals surface area contributed by atoms with Crippen LogP contribution in [0.25, 0.3) is 11.3 Å². The number of aromatic nitrogens is 1. The minimum atomic E-state index is -0.00941. The monoisotopic (exact) mass is 246 g/mol. The highest BCUT2D eigenvalue weighted by Crippen LogP contribution is 2.19. The van der Waals surface area contributed by atoms with Crippen LogP contribution in [0, 0.1) is 0 Å². The van der Waals surface area contributed by atoms with Crippen LogP contribution in [0.1, 0.15) is 5.89 Å². The fraction of sp³-hybridized carbons (Fsp3) is 0.231. The molecule has 2 aromatic rings. The summed E-state index contributed by atoms with van der Waals surface area (Å²) in [4.78, 5) is 15.2. The minimum absolute atomic E-state index is 0.00941. The Labute approximate surface area is 105 Å². The summed E-state index contributed by atoms with van der Waals surface area (Å²) >= 11 is 0. The van der Waals surface area contributed by atoms with Crippen LogP contribution in [0.2, 0.25) is 0 Å². The normalized spacial score (nSPS) is 10.3. The zero-order valence-corrected chi connectivity index (χ0v) is 10.2. The first-order valence-electron chi connectivity index (χ1n) is 5.82. The molecule has 18 heavy (non-hydrogen) atoms. The van der Waals surface area contributed by atoms with Crippen molar-refractivity contribution in [2.45, 2.75) is 6.54 Å². The number of carbonyl (C=O) groups excluding carboxylic acids is 1. The molecule has 0 aliphatic heterocycles. The largest absolute Gasteiger partial charge is 0.435 e. The highest BCUT2D eigenvalue weighted by molar-refractivity contribution is 5.76. The summed E-state index contributed by atoms with van der Waals surface area (Å²) in [5.74, 6) is 1.36. The smallest absolute Gasteiger partial charge is 0.274 e. The van der Waals surface area contributed by atoms with E-state index in [0.29, 0.717) is 19.0 Å². The number of amides is 1. The maximum Gasteiger partial charge on any atom is 0.274 e. The first-order valence-corrected chi connectivity index (χ1v) is 5.82. The van der Waals surface area contributed by atoms with Crippen LogP contribution < -0.4 is 10.6 Å². The number of rotatable bonds is 5. The zero-order valence-electron chi connectivity index (χ0n) is 10.2. The highest BCUT2D eigenvalue weighted by Gasteiger charge is 2.08. The van der Waals surface area contributed by atoms with E-state index in [1.807, 2.05) is 35.6 Å². The van der Waals surface area contributed by atoms with Gasteiger partial charge in [-0.1, -0.05) is 30.3 Å². The summed E-state index contributed by atoms with van der Waals surface area (Å²) in [5, 5.41) is 4.41. The van der Waals surface area contributed by atoms with Crippen molar-refractivity contribution < 1.29 is 14.5 Å². The lowest BCUT2D eigenvalue weighted by Crippen LogP contribution is -2.85. The Bertz CT molecular complexity index is 508. The average Bonchev–Trinajstić information content (AvgIpc) is 2.88. The summed E-state index contributed by atoms with van der Waals surface area (Å²) < 4.78 is 5.61. The Kier molecular flexibility index (Phi) is 4.09. The molecular formula is C13H16N3O2+. The van der Waals surface area contributed by atoms with Crippen LogP contribution in [-0.2, 0) is 11.3 Å². The van der Waals surface area contributed by atoms with Gasteiger partial charge in [-0.15, -0.1) is 0 Å². The first-order chi connectivity index (χ1) is 8.79. The molecule has 0 saturated carbocycles. The maximum atomic E-state index is 11.0. The molecule has 0 radical (unpaired) electrons. The zero-order chi connectivity index (χ0) is 12.8. The second-order valence-corrected chi connectivity index (χ2v) is 3.85. The van der Waals surface area contributed by atoms with Crippen LogP contribution in [0.15, 0.2) is 40.9 Å². The van der Waals surface area contributed by atoms with Gasteiger partial charge in [0.15, 0.2) is 18.8 Å². The predicted octanol–water partition coefficient (Wildman–Crippen LogP) is 0.151. The SMILES string of the molecule is CNC(=O)C[NH2+]Cc1ncc(-c2ccccc2)o1. The molecule has 1 aromatic carbocycles. The molecule has 0 aliphatic rings. The summed E-state index contributed by atoms with van der Waals surface area (Å²) in [6, 6.07) is 9.81. The Morgan fingerprint density at radius 1 is 1.39 bits per heavy atom. The highest BCUT2D eigenvalue weighted by atomic mass is 16.4. The van der Waals surface area contributed by atoms with E-state index < -0.39 is 0 Å². The van der Waals surface area contributed by atoms with Gasteiger partial charge >= 0.3 is 0 Å². The van der Waals surface area contributed by atoms with E-state index in [2.05, 4.69) is 10.3 Å². The number of likely N-dealkylation sites (N-methyl/N-ethyl adjacent to an activating group) is 1. The lowest BCUT2D eigenvalue weighted by Gasteiger charge is -1.97. The molecule has 1 amide bonds. The van der Waals surface area contributed by atoms with Gasteiger partial charge in [0.2, 0.25) is 0 Å². The molecule has 0 unspecified atom stereocenters. The van der Waals surface area contributed by atoms with E-state index in [0.717, 1.165) is 11.3 Å². The third kappa shape index (κ3) is 3.18. The van der Waals surface area contributed by atoms with Crippen molar-refractivity contribution in [1.29, 1.82) is 0 Å². The number of nitrogens with one attached hydrogen (secondary N) is 1. The van der Waals surface area contributed by atoms with Crippen molar-refractivity contribution in [3.63, 3.8) is 0 Å². The molecule has 1 aromatic heterocycles. The fourth-order valence-corrected chi connectivity index (χ4v) is 1.57. The molecular weight excluding hydrogens is 230 g/mol. The average molecular weight is 246 g/mol. The van der Waals surface area contributed by atoms with E-state index in [9.17, 15) is 4.79 Å². The van der Waals surface area contributed by atoms with Gasteiger partial charge in [0.25, 0.3) is 11.8 Å². The molecule has 5 heteroatoms. The second-order valence-electron chi connectivity index (χ2n) is 3.85. The Morgan fingerprint density at radius 2 is 2.17 bits per heavy atom. The number of hydrogen-bond donors (Lipinski definition) is 2. The maximum absolute atomic E-state index is 11.0. The van der Waals surface area contributed by atoms with Crippen molar-refractivity contribution in [2.24, 2.45) is 0 Å². The number of quaternary nitrogens is 1. The lowest BCUT2D eigenvalue weighted by molar-refractivity contribution is -0.662. The van der Waals surface area contributed by atoms with Crippen molar-refractivity contribution >= 4 is 5.91 Å². The van der Waals surface area contributed by atoms with Crippen LogP contribution >= 0.6 is 0 Å². The standard InChI is InChI=1S/C13H15N3O2/c1-14-12(17)8-15-9-13-16-7-11(18-13)10-5-3-2-4-6-10/h2-7,15H,8-9H2,1H3,(H,14,17)/p+1. The number of oxazole rings is 1. The van der Waals surface area contributed by atoms with Gasteiger partial charge < -0.3 is 15.1 Å². The number of nitrogens with zero attached hydrogens (tertiary/aromatic N) is 1. The molecule has 0 fully saturated rings. The third-order valence-electron chi connectivity index (χ3n) is 2.54. The number of carbonyl (C=O) groups is 1. The Morgan fingerprint density at radius 3 is 2.89 bits per heavy atom. The fourth-order valence-electron chi connectivity index (χ4n) is 1.57. The summed E-state index contributed by atoms with van der Waals surface area (Å²) in [6.07, 6.45) is 1.71. The van der Waals surface area contributed by atoms with Gasteiger partial charge in [0.1, 0.15) is 0 Å². The number of hydrogen-bond acceptors (Lipinski definition) is 3. The van der Waals surface area contributed by atoms with E-state index in [-0.39, 0.29) is 5.91 Å². The predicted molar refractivity (Wildman–Crippen MR) is 66.5 cm³/mol. The summed E-state index contributed by atoms with van der Waals surface area (Å²) in [7, 11) is 1.62. The Balaban J connectivity index is 1.93. The van der Waals surface area contributed by atoms with Crippen molar-refractivity contribution in [3.8, 4) is 11.3 Å². The van der Waals surface area contributed by atoms with Crippen molar-refractivity contribution in [3.05, 3.63) is 42.4 Å². The second kappa shape index (κ2) is 5.97. The minimum Gasteiger partial charge on any atom is -0.435 e. The Hall–Kier alpha value is -2.14. The number of benzene rings is 1.